The van der Waals surface area contributed by atoms with Crippen molar-refractivity contribution < 1.29 is 8.78 Å². The minimum atomic E-state index is -0.255. The van der Waals surface area contributed by atoms with Gasteiger partial charge in [-0.2, -0.15) is 0 Å². The summed E-state index contributed by atoms with van der Waals surface area (Å²) in [5.41, 5.74) is 7.33. The van der Waals surface area contributed by atoms with Crippen LogP contribution in [-0.2, 0) is 0 Å². The number of benzene rings is 3. The molecular formula is C29H22BrF2N3S. The van der Waals surface area contributed by atoms with Gasteiger partial charge >= 0.3 is 0 Å². The van der Waals surface area contributed by atoms with E-state index in [1.165, 1.54) is 24.3 Å². The summed E-state index contributed by atoms with van der Waals surface area (Å²) in [5, 5.41) is 3.04. The van der Waals surface area contributed by atoms with Gasteiger partial charge in [-0.25, -0.2) is 13.8 Å². The van der Waals surface area contributed by atoms with Crippen molar-refractivity contribution >= 4 is 44.6 Å². The second kappa shape index (κ2) is 9.47. The van der Waals surface area contributed by atoms with Gasteiger partial charge in [0.25, 0.3) is 0 Å². The summed E-state index contributed by atoms with van der Waals surface area (Å²) >= 11 is 5.14. The molecule has 0 amide bonds. The third-order valence-electron chi connectivity index (χ3n) is 6.56. The third-order valence-corrected chi connectivity index (χ3v) is 7.93. The highest BCUT2D eigenvalue weighted by Crippen LogP contribution is 2.49. The normalized spacial score (nSPS) is 20.8. The van der Waals surface area contributed by atoms with Crippen LogP contribution in [0.25, 0.3) is 11.8 Å². The Balaban J connectivity index is 1.50. The van der Waals surface area contributed by atoms with Gasteiger partial charge in [-0.05, 0) is 77.4 Å². The van der Waals surface area contributed by atoms with Crippen molar-refractivity contribution in [1.29, 1.82) is 0 Å². The zero-order valence-electron chi connectivity index (χ0n) is 19.5. The van der Waals surface area contributed by atoms with Crippen LogP contribution >= 0.6 is 27.7 Å². The first kappa shape index (κ1) is 23.4. The first-order valence-electron chi connectivity index (χ1n) is 11.6. The molecule has 0 aromatic heterocycles. The van der Waals surface area contributed by atoms with Crippen LogP contribution in [0, 0.1) is 11.6 Å². The predicted molar refractivity (Wildman–Crippen MR) is 147 cm³/mol. The number of thioether (sulfide) groups is 1. The maximum atomic E-state index is 13.9. The van der Waals surface area contributed by atoms with Crippen LogP contribution in [0.4, 0.5) is 8.78 Å². The fourth-order valence-corrected chi connectivity index (χ4v) is 6.15. The smallest absolute Gasteiger partial charge is 0.174 e. The molecule has 0 fully saturated rings. The number of hydrogen-bond donors (Lipinski definition) is 0. The van der Waals surface area contributed by atoms with Crippen LogP contribution in [0.2, 0.25) is 0 Å². The first-order valence-corrected chi connectivity index (χ1v) is 13.3. The van der Waals surface area contributed by atoms with Gasteiger partial charge in [0.1, 0.15) is 11.6 Å². The Labute approximate surface area is 221 Å². The number of rotatable bonds is 3. The molecule has 0 spiro atoms. The molecule has 3 aliphatic rings. The van der Waals surface area contributed by atoms with Gasteiger partial charge in [-0.1, -0.05) is 64.1 Å². The van der Waals surface area contributed by atoms with Gasteiger partial charge in [0.05, 0.1) is 17.4 Å². The van der Waals surface area contributed by atoms with Crippen LogP contribution in [-0.4, -0.2) is 35.1 Å². The average molecular weight is 562 g/mol. The highest BCUT2D eigenvalue weighted by atomic mass is 79.9. The number of halogens is 3. The molecule has 6 rings (SSSR count). The molecule has 0 unspecified atom stereocenters. The summed E-state index contributed by atoms with van der Waals surface area (Å²) in [4.78, 5) is 9.70. The minimum Gasteiger partial charge on any atom is -0.308 e. The molecular weight excluding hydrogens is 540 g/mol. The summed E-state index contributed by atoms with van der Waals surface area (Å²) < 4.78 is 28.4. The fourth-order valence-electron chi connectivity index (χ4n) is 4.96. The van der Waals surface area contributed by atoms with Gasteiger partial charge in [-0.3, -0.25) is 4.90 Å². The first-order chi connectivity index (χ1) is 17.5. The van der Waals surface area contributed by atoms with Crippen LogP contribution in [0.15, 0.2) is 105 Å². The van der Waals surface area contributed by atoms with Crippen molar-refractivity contribution in [1.82, 2.24) is 9.80 Å². The Kier molecular flexibility index (Phi) is 6.15. The molecule has 7 heteroatoms. The molecule has 36 heavy (non-hydrogen) atoms. The van der Waals surface area contributed by atoms with E-state index in [0.29, 0.717) is 0 Å². The molecule has 3 heterocycles. The molecule has 0 saturated heterocycles. The minimum absolute atomic E-state index is 0.127. The van der Waals surface area contributed by atoms with E-state index in [0.717, 1.165) is 62.0 Å². The molecule has 0 saturated carbocycles. The lowest BCUT2D eigenvalue weighted by molar-refractivity contribution is 0.344. The fraction of sp³-hybridized carbons (Fsp3) is 0.138. The van der Waals surface area contributed by atoms with E-state index >= 15 is 0 Å². The van der Waals surface area contributed by atoms with E-state index in [4.69, 9.17) is 4.99 Å². The van der Waals surface area contributed by atoms with Crippen LogP contribution in [0.1, 0.15) is 22.7 Å². The second-order valence-electron chi connectivity index (χ2n) is 9.11. The number of amidine groups is 1. The lowest BCUT2D eigenvalue weighted by Crippen LogP contribution is -2.40. The van der Waals surface area contributed by atoms with Crippen molar-refractivity contribution in [3.05, 3.63) is 128 Å². The molecule has 0 bridgehead atoms. The SMILES string of the molecule is CN1CC2=C(N=C3SC=C(c4ccc(Br)cc4)N3[C@@H]2c2ccc(F)cc2)/C(=C/c2ccc(F)cc2)C1. The summed E-state index contributed by atoms with van der Waals surface area (Å²) in [6, 6.07) is 21.4. The van der Waals surface area contributed by atoms with Gasteiger partial charge in [-0.15, -0.1) is 0 Å². The van der Waals surface area contributed by atoms with Crippen molar-refractivity contribution in [3.63, 3.8) is 0 Å². The van der Waals surface area contributed by atoms with Crippen molar-refractivity contribution in [2.75, 3.05) is 20.1 Å². The quantitative estimate of drug-likeness (QED) is 0.330. The summed E-state index contributed by atoms with van der Waals surface area (Å²) in [6.45, 7) is 1.48. The van der Waals surface area contributed by atoms with Gasteiger partial charge in [0.15, 0.2) is 5.17 Å². The Bertz CT molecular complexity index is 1440. The van der Waals surface area contributed by atoms with Gasteiger partial charge in [0, 0.05) is 23.0 Å². The molecule has 3 aliphatic heterocycles. The molecule has 3 aromatic rings. The van der Waals surface area contributed by atoms with E-state index in [-0.39, 0.29) is 17.7 Å². The van der Waals surface area contributed by atoms with E-state index < -0.39 is 0 Å². The number of hydrogen-bond acceptors (Lipinski definition) is 4. The lowest BCUT2D eigenvalue weighted by atomic mass is 9.88. The standard InChI is InChI=1S/C29H22BrF2N3S/c1-34-15-21(14-18-2-10-23(31)11-3-18)27-25(16-34)28(20-6-12-24(32)13-7-20)35-26(17-36-29(35)33-27)19-4-8-22(30)9-5-19/h2-14,17,28H,15-16H2,1H3/b21-14+/t28-/m1/s1. The molecule has 1 atom stereocenters. The number of nitrogens with zero attached hydrogens (tertiary/aromatic N) is 3. The highest BCUT2D eigenvalue weighted by molar-refractivity contribution is 9.10. The predicted octanol–water partition coefficient (Wildman–Crippen LogP) is 7.47. The topological polar surface area (TPSA) is 18.8 Å². The summed E-state index contributed by atoms with van der Waals surface area (Å²) in [6.07, 6.45) is 2.09. The average Bonchev–Trinajstić information content (AvgIpc) is 3.29. The Hall–Kier alpha value is -3.00. The summed E-state index contributed by atoms with van der Waals surface area (Å²) in [5.74, 6) is -0.508. The maximum Gasteiger partial charge on any atom is 0.174 e. The monoisotopic (exact) mass is 561 g/mol. The maximum absolute atomic E-state index is 13.9. The number of aliphatic imine (C=N–C) groups is 1. The zero-order chi connectivity index (χ0) is 24.8. The molecule has 0 N–H and O–H groups in total. The highest BCUT2D eigenvalue weighted by Gasteiger charge is 2.41. The van der Waals surface area contributed by atoms with Gasteiger partial charge in [0.2, 0.25) is 0 Å². The van der Waals surface area contributed by atoms with Crippen molar-refractivity contribution in [2.24, 2.45) is 4.99 Å². The lowest BCUT2D eigenvalue weighted by Gasteiger charge is -2.42. The Morgan fingerprint density at radius 3 is 2.28 bits per heavy atom. The zero-order valence-corrected chi connectivity index (χ0v) is 21.9. The van der Waals surface area contributed by atoms with E-state index in [2.05, 4.69) is 56.4 Å². The van der Waals surface area contributed by atoms with Crippen molar-refractivity contribution in [3.8, 4) is 0 Å². The van der Waals surface area contributed by atoms with Crippen molar-refractivity contribution in [2.45, 2.75) is 6.04 Å². The Morgan fingerprint density at radius 2 is 1.58 bits per heavy atom. The third kappa shape index (κ3) is 4.36. The molecule has 3 nitrogen and oxygen atoms in total. The number of likely N-dealkylation sites (N-methyl/N-ethyl adjacent to an activating group) is 1. The molecule has 180 valence electrons. The van der Waals surface area contributed by atoms with E-state index in [1.807, 2.05) is 24.3 Å². The molecule has 0 radical (unpaired) electrons. The van der Waals surface area contributed by atoms with Crippen LogP contribution < -0.4 is 0 Å². The van der Waals surface area contributed by atoms with Gasteiger partial charge < -0.3 is 4.90 Å². The van der Waals surface area contributed by atoms with E-state index in [9.17, 15) is 8.78 Å². The van der Waals surface area contributed by atoms with Crippen LogP contribution in [0.3, 0.4) is 0 Å². The molecule has 0 aliphatic carbocycles. The number of fused-ring (bicyclic) bond motifs is 1. The second-order valence-corrected chi connectivity index (χ2v) is 10.9. The summed E-state index contributed by atoms with van der Waals surface area (Å²) in [7, 11) is 2.09. The van der Waals surface area contributed by atoms with Crippen LogP contribution in [0.5, 0.6) is 0 Å². The largest absolute Gasteiger partial charge is 0.308 e. The van der Waals surface area contributed by atoms with E-state index in [1.54, 1.807) is 23.9 Å². The Morgan fingerprint density at radius 1 is 0.917 bits per heavy atom. The molecule has 3 aromatic carbocycles.